The van der Waals surface area contributed by atoms with Crippen molar-refractivity contribution >= 4 is 21.6 Å². The summed E-state index contributed by atoms with van der Waals surface area (Å²) in [6.07, 6.45) is -0.383. The number of halogens is 1. The molecule has 0 aliphatic carbocycles. The number of para-hydroxylation sites is 1. The molecule has 0 saturated carbocycles. The van der Waals surface area contributed by atoms with Gasteiger partial charge in [0.2, 0.25) is 0 Å². The molecule has 2 aromatic rings. The van der Waals surface area contributed by atoms with E-state index in [2.05, 4.69) is 51.2 Å². The second-order valence-corrected chi connectivity index (χ2v) is 6.76. The van der Waals surface area contributed by atoms with Crippen LogP contribution in [0.3, 0.4) is 0 Å². The van der Waals surface area contributed by atoms with Crippen LogP contribution in [0.15, 0.2) is 59.1 Å². The lowest BCUT2D eigenvalue weighted by Gasteiger charge is -2.34. The molecule has 0 bridgehead atoms. The number of rotatable bonds is 4. The summed E-state index contributed by atoms with van der Waals surface area (Å²) in [5.41, 5.74) is 2.30. The summed E-state index contributed by atoms with van der Waals surface area (Å²) in [6.45, 7) is 5.02. The van der Waals surface area contributed by atoms with E-state index in [0.29, 0.717) is 0 Å². The number of nitrogens with zero attached hydrogens (tertiary/aromatic N) is 1. The Balaban J connectivity index is 1.52. The summed E-state index contributed by atoms with van der Waals surface area (Å²) in [6, 6.07) is 18.5. The van der Waals surface area contributed by atoms with Gasteiger partial charge in [-0.15, -0.1) is 0 Å². The molecule has 0 spiro atoms. The SMILES string of the molecule is O[C@@H](C[NH+]1CCN(c2ccccc2)CC1)c1ccc(Br)cc1. The molecule has 1 atom stereocenters. The molecule has 1 aliphatic heterocycles. The van der Waals surface area contributed by atoms with E-state index in [1.807, 2.05) is 24.3 Å². The number of aliphatic hydroxyl groups is 1. The molecule has 1 saturated heterocycles. The molecule has 0 amide bonds. The Labute approximate surface area is 140 Å². The van der Waals surface area contributed by atoms with Gasteiger partial charge in [0.25, 0.3) is 0 Å². The van der Waals surface area contributed by atoms with Crippen molar-refractivity contribution in [1.29, 1.82) is 0 Å². The summed E-state index contributed by atoms with van der Waals surface area (Å²) in [5, 5.41) is 10.4. The quantitative estimate of drug-likeness (QED) is 0.870. The molecular weight excluding hydrogens is 340 g/mol. The van der Waals surface area contributed by atoms with E-state index >= 15 is 0 Å². The summed E-state index contributed by atoms with van der Waals surface area (Å²) in [7, 11) is 0. The normalized spacial score (nSPS) is 17.5. The number of aliphatic hydroxyl groups excluding tert-OH is 1. The second-order valence-electron chi connectivity index (χ2n) is 5.84. The van der Waals surface area contributed by atoms with Crippen molar-refractivity contribution in [2.24, 2.45) is 0 Å². The van der Waals surface area contributed by atoms with Crippen LogP contribution in [0.1, 0.15) is 11.7 Å². The van der Waals surface area contributed by atoms with Gasteiger partial charge in [0, 0.05) is 10.2 Å². The number of hydrogen-bond acceptors (Lipinski definition) is 2. The molecule has 0 aromatic heterocycles. The minimum absolute atomic E-state index is 0.383. The van der Waals surface area contributed by atoms with Gasteiger partial charge in [-0.2, -0.15) is 0 Å². The fourth-order valence-corrected chi connectivity index (χ4v) is 3.26. The number of nitrogens with one attached hydrogen (secondary N) is 1. The minimum Gasteiger partial charge on any atom is -0.382 e. The van der Waals surface area contributed by atoms with Crippen LogP contribution in [0, 0.1) is 0 Å². The van der Waals surface area contributed by atoms with Gasteiger partial charge in [-0.1, -0.05) is 46.3 Å². The second kappa shape index (κ2) is 7.27. The van der Waals surface area contributed by atoms with Crippen LogP contribution in [0.25, 0.3) is 0 Å². The first-order chi connectivity index (χ1) is 10.7. The molecule has 116 valence electrons. The number of benzene rings is 2. The average Bonchev–Trinajstić information content (AvgIpc) is 2.57. The first-order valence-electron chi connectivity index (χ1n) is 7.79. The predicted molar refractivity (Wildman–Crippen MR) is 93.3 cm³/mol. The van der Waals surface area contributed by atoms with E-state index in [0.717, 1.165) is 42.8 Å². The molecule has 1 aliphatic rings. The Kier molecular flexibility index (Phi) is 5.13. The number of quaternary nitrogens is 1. The highest BCUT2D eigenvalue weighted by Gasteiger charge is 2.23. The van der Waals surface area contributed by atoms with Crippen LogP contribution >= 0.6 is 15.9 Å². The van der Waals surface area contributed by atoms with Gasteiger partial charge in [-0.05, 0) is 29.8 Å². The minimum atomic E-state index is -0.383. The van der Waals surface area contributed by atoms with Crippen LogP contribution in [-0.4, -0.2) is 37.8 Å². The molecule has 22 heavy (non-hydrogen) atoms. The van der Waals surface area contributed by atoms with Crippen molar-refractivity contribution in [3.63, 3.8) is 0 Å². The van der Waals surface area contributed by atoms with Crippen molar-refractivity contribution in [2.75, 3.05) is 37.6 Å². The van der Waals surface area contributed by atoms with Gasteiger partial charge < -0.3 is 14.9 Å². The third-order valence-corrected chi connectivity index (χ3v) is 4.86. The summed E-state index contributed by atoms with van der Waals surface area (Å²) in [5.74, 6) is 0. The van der Waals surface area contributed by atoms with Gasteiger partial charge in [-0.25, -0.2) is 0 Å². The lowest BCUT2D eigenvalue weighted by atomic mass is 10.1. The lowest BCUT2D eigenvalue weighted by Crippen LogP contribution is -3.15. The third-order valence-electron chi connectivity index (χ3n) is 4.33. The van der Waals surface area contributed by atoms with E-state index in [4.69, 9.17) is 0 Å². The van der Waals surface area contributed by atoms with Gasteiger partial charge >= 0.3 is 0 Å². The topological polar surface area (TPSA) is 27.9 Å². The summed E-state index contributed by atoms with van der Waals surface area (Å²) >= 11 is 3.43. The molecule has 0 unspecified atom stereocenters. The standard InChI is InChI=1S/C18H21BrN2O/c19-16-8-6-15(7-9-16)18(22)14-20-10-12-21(13-11-20)17-4-2-1-3-5-17/h1-9,18,22H,10-14H2/p+1/t18-/m0/s1. The monoisotopic (exact) mass is 361 g/mol. The summed E-state index contributed by atoms with van der Waals surface area (Å²) in [4.78, 5) is 3.90. The maximum Gasteiger partial charge on any atom is 0.128 e. The molecule has 1 fully saturated rings. The van der Waals surface area contributed by atoms with Crippen LogP contribution < -0.4 is 9.80 Å². The largest absolute Gasteiger partial charge is 0.382 e. The molecule has 2 aromatic carbocycles. The van der Waals surface area contributed by atoms with Crippen LogP contribution in [0.5, 0.6) is 0 Å². The fraction of sp³-hybridized carbons (Fsp3) is 0.333. The number of anilines is 1. The maximum atomic E-state index is 10.4. The van der Waals surface area contributed by atoms with Gasteiger partial charge in [-0.3, -0.25) is 0 Å². The Hall–Kier alpha value is -1.36. The van der Waals surface area contributed by atoms with Crippen molar-refractivity contribution in [3.8, 4) is 0 Å². The first-order valence-corrected chi connectivity index (χ1v) is 8.59. The molecule has 4 heteroatoms. The van der Waals surface area contributed by atoms with Gasteiger partial charge in [0.05, 0.1) is 26.2 Å². The molecule has 1 heterocycles. The van der Waals surface area contributed by atoms with Crippen LogP contribution in [-0.2, 0) is 0 Å². The fourth-order valence-electron chi connectivity index (χ4n) is 3.00. The summed E-state index contributed by atoms with van der Waals surface area (Å²) < 4.78 is 1.05. The van der Waals surface area contributed by atoms with Gasteiger partial charge in [0.15, 0.2) is 0 Å². The highest BCUT2D eigenvalue weighted by atomic mass is 79.9. The molecule has 3 rings (SSSR count). The smallest absolute Gasteiger partial charge is 0.128 e. The maximum absolute atomic E-state index is 10.4. The Morgan fingerprint density at radius 2 is 1.64 bits per heavy atom. The van der Waals surface area contributed by atoms with Crippen LogP contribution in [0.4, 0.5) is 5.69 Å². The van der Waals surface area contributed by atoms with Crippen molar-refractivity contribution in [1.82, 2.24) is 0 Å². The number of piperazine rings is 1. The average molecular weight is 362 g/mol. The molecular formula is C18H22BrN2O+. The third kappa shape index (κ3) is 3.88. The zero-order valence-electron chi connectivity index (χ0n) is 12.6. The van der Waals surface area contributed by atoms with Crippen LogP contribution in [0.2, 0.25) is 0 Å². The molecule has 0 radical (unpaired) electrons. The van der Waals surface area contributed by atoms with E-state index in [1.54, 1.807) is 0 Å². The van der Waals surface area contributed by atoms with E-state index in [-0.39, 0.29) is 6.10 Å². The Bertz CT molecular complexity index is 580. The zero-order valence-corrected chi connectivity index (χ0v) is 14.2. The highest BCUT2D eigenvalue weighted by Crippen LogP contribution is 2.16. The van der Waals surface area contributed by atoms with E-state index in [9.17, 15) is 5.11 Å². The predicted octanol–water partition coefficient (Wildman–Crippen LogP) is 1.89. The first kappa shape index (κ1) is 15.5. The van der Waals surface area contributed by atoms with Gasteiger partial charge in [0.1, 0.15) is 12.6 Å². The van der Waals surface area contributed by atoms with E-state index < -0.39 is 0 Å². The van der Waals surface area contributed by atoms with Crippen molar-refractivity contribution in [3.05, 3.63) is 64.6 Å². The Morgan fingerprint density at radius 1 is 1.00 bits per heavy atom. The highest BCUT2D eigenvalue weighted by molar-refractivity contribution is 9.10. The lowest BCUT2D eigenvalue weighted by molar-refractivity contribution is -0.904. The van der Waals surface area contributed by atoms with Crippen molar-refractivity contribution in [2.45, 2.75) is 6.10 Å². The number of hydrogen-bond donors (Lipinski definition) is 2. The van der Waals surface area contributed by atoms with E-state index in [1.165, 1.54) is 10.6 Å². The zero-order chi connectivity index (χ0) is 15.4. The Morgan fingerprint density at radius 3 is 2.27 bits per heavy atom. The van der Waals surface area contributed by atoms with Crippen molar-refractivity contribution < 1.29 is 10.0 Å². The molecule has 2 N–H and O–H groups in total. The molecule has 3 nitrogen and oxygen atoms in total.